The van der Waals surface area contributed by atoms with Crippen LogP contribution in [0.15, 0.2) is 24.3 Å². The van der Waals surface area contributed by atoms with Crippen LogP contribution in [0.3, 0.4) is 0 Å². The summed E-state index contributed by atoms with van der Waals surface area (Å²) in [5.74, 6) is 0.842. The van der Waals surface area contributed by atoms with Crippen molar-refractivity contribution in [1.82, 2.24) is 9.88 Å². The van der Waals surface area contributed by atoms with Crippen molar-refractivity contribution in [1.29, 1.82) is 0 Å². The molecule has 0 amide bonds. The van der Waals surface area contributed by atoms with Crippen LogP contribution in [0.1, 0.15) is 30.0 Å². The Kier molecular flexibility index (Phi) is 4.28. The highest BCUT2D eigenvalue weighted by Crippen LogP contribution is 2.35. The number of aromatic amines is 1. The van der Waals surface area contributed by atoms with Gasteiger partial charge in [-0.25, -0.2) is 8.42 Å². The van der Waals surface area contributed by atoms with Gasteiger partial charge in [0, 0.05) is 29.4 Å². The van der Waals surface area contributed by atoms with Crippen molar-refractivity contribution in [3.63, 3.8) is 0 Å². The number of fused-ring (bicyclic) bond motifs is 1. The molecular formula is C17H24N2O2S. The minimum absolute atomic E-state index is 0.268. The van der Waals surface area contributed by atoms with Crippen LogP contribution < -0.4 is 0 Å². The number of rotatable bonds is 4. The van der Waals surface area contributed by atoms with E-state index < -0.39 is 9.84 Å². The summed E-state index contributed by atoms with van der Waals surface area (Å²) in [6, 6.07) is 8.49. The number of nitrogens with one attached hydrogen (secondary N) is 1. The molecule has 1 aromatic carbocycles. The predicted molar refractivity (Wildman–Crippen MR) is 91.2 cm³/mol. The SMILES string of the molecule is Cc1[nH]c2ccccc2c1C1CCN(CCS(C)(=O)=O)CC1. The smallest absolute Gasteiger partial charge is 0.148 e. The van der Waals surface area contributed by atoms with E-state index in [1.54, 1.807) is 0 Å². The Balaban J connectivity index is 1.69. The van der Waals surface area contributed by atoms with Gasteiger partial charge < -0.3 is 9.88 Å². The quantitative estimate of drug-likeness (QED) is 0.942. The molecule has 4 nitrogen and oxygen atoms in total. The van der Waals surface area contributed by atoms with E-state index in [2.05, 4.69) is 41.1 Å². The second-order valence-electron chi connectivity index (χ2n) is 6.46. The molecule has 0 saturated carbocycles. The number of piperidine rings is 1. The third kappa shape index (κ3) is 3.36. The molecule has 1 aliphatic heterocycles. The fraction of sp³-hybridized carbons (Fsp3) is 0.529. The third-order valence-electron chi connectivity index (χ3n) is 4.72. The number of sulfone groups is 1. The second kappa shape index (κ2) is 6.05. The first-order valence-electron chi connectivity index (χ1n) is 7.91. The number of hydrogen-bond donors (Lipinski definition) is 1. The molecule has 3 rings (SSSR count). The van der Waals surface area contributed by atoms with E-state index >= 15 is 0 Å². The summed E-state index contributed by atoms with van der Waals surface area (Å²) in [4.78, 5) is 5.77. The minimum atomic E-state index is -2.86. The van der Waals surface area contributed by atoms with Crippen molar-refractivity contribution in [2.75, 3.05) is 31.6 Å². The van der Waals surface area contributed by atoms with Gasteiger partial charge in [0.05, 0.1) is 5.75 Å². The standard InChI is InChI=1S/C17H24N2O2S/c1-13-17(15-5-3-4-6-16(15)18-13)14-7-9-19(10-8-14)11-12-22(2,20)21/h3-6,14,18H,7-12H2,1-2H3. The molecule has 0 unspecified atom stereocenters. The van der Waals surface area contributed by atoms with Gasteiger partial charge in [-0.05, 0) is 50.4 Å². The topological polar surface area (TPSA) is 53.2 Å². The largest absolute Gasteiger partial charge is 0.358 e. The fourth-order valence-electron chi connectivity index (χ4n) is 3.56. The van der Waals surface area contributed by atoms with Crippen molar-refractivity contribution in [2.24, 2.45) is 0 Å². The molecule has 120 valence electrons. The molecule has 0 aliphatic carbocycles. The number of para-hydroxylation sites is 1. The zero-order valence-electron chi connectivity index (χ0n) is 13.3. The highest BCUT2D eigenvalue weighted by molar-refractivity contribution is 7.90. The Labute approximate surface area is 132 Å². The number of hydrogen-bond acceptors (Lipinski definition) is 3. The first-order valence-corrected chi connectivity index (χ1v) is 9.97. The van der Waals surface area contributed by atoms with Gasteiger partial charge in [0.15, 0.2) is 0 Å². The predicted octanol–water partition coefficient (Wildman–Crippen LogP) is 2.70. The molecule has 1 N–H and O–H groups in total. The van der Waals surface area contributed by atoms with Crippen LogP contribution in [-0.2, 0) is 9.84 Å². The lowest BCUT2D eigenvalue weighted by Gasteiger charge is -2.32. The molecule has 2 aromatic rings. The van der Waals surface area contributed by atoms with Gasteiger partial charge in [-0.3, -0.25) is 0 Å². The maximum atomic E-state index is 11.3. The Morgan fingerprint density at radius 1 is 1.23 bits per heavy atom. The first-order chi connectivity index (χ1) is 10.4. The lowest BCUT2D eigenvalue weighted by molar-refractivity contribution is 0.223. The Hall–Kier alpha value is -1.33. The summed E-state index contributed by atoms with van der Waals surface area (Å²) < 4.78 is 22.6. The average molecular weight is 320 g/mol. The molecule has 1 aliphatic rings. The molecule has 2 heterocycles. The van der Waals surface area contributed by atoms with Gasteiger partial charge >= 0.3 is 0 Å². The summed E-state index contributed by atoms with van der Waals surface area (Å²) in [6.45, 7) is 4.79. The minimum Gasteiger partial charge on any atom is -0.358 e. The maximum Gasteiger partial charge on any atom is 0.148 e. The first kappa shape index (κ1) is 15.6. The summed E-state index contributed by atoms with van der Waals surface area (Å²) in [6.07, 6.45) is 3.52. The molecule has 1 saturated heterocycles. The Morgan fingerprint density at radius 3 is 2.59 bits per heavy atom. The van der Waals surface area contributed by atoms with Gasteiger partial charge in [0.1, 0.15) is 9.84 Å². The number of benzene rings is 1. The molecule has 0 spiro atoms. The highest BCUT2D eigenvalue weighted by atomic mass is 32.2. The van der Waals surface area contributed by atoms with Gasteiger partial charge in [0.2, 0.25) is 0 Å². The molecular weight excluding hydrogens is 296 g/mol. The average Bonchev–Trinajstić information content (AvgIpc) is 2.81. The zero-order chi connectivity index (χ0) is 15.7. The number of nitrogens with zero attached hydrogens (tertiary/aromatic N) is 1. The van der Waals surface area contributed by atoms with Crippen LogP contribution in [0.5, 0.6) is 0 Å². The van der Waals surface area contributed by atoms with Crippen LogP contribution in [0.4, 0.5) is 0 Å². The van der Waals surface area contributed by atoms with Crippen molar-refractivity contribution < 1.29 is 8.42 Å². The van der Waals surface area contributed by atoms with E-state index in [0.29, 0.717) is 12.5 Å². The van der Waals surface area contributed by atoms with Crippen molar-refractivity contribution in [3.05, 3.63) is 35.5 Å². The molecule has 0 atom stereocenters. The number of aromatic nitrogens is 1. The van der Waals surface area contributed by atoms with E-state index in [0.717, 1.165) is 25.9 Å². The number of H-pyrrole nitrogens is 1. The Bertz CT molecular complexity index is 756. The Morgan fingerprint density at radius 2 is 1.91 bits per heavy atom. The molecule has 1 aromatic heterocycles. The number of likely N-dealkylation sites (tertiary alicyclic amines) is 1. The van der Waals surface area contributed by atoms with E-state index in [1.165, 1.54) is 28.4 Å². The van der Waals surface area contributed by atoms with Crippen LogP contribution in [0.25, 0.3) is 10.9 Å². The molecule has 22 heavy (non-hydrogen) atoms. The van der Waals surface area contributed by atoms with E-state index in [4.69, 9.17) is 0 Å². The summed E-state index contributed by atoms with van der Waals surface area (Å²) >= 11 is 0. The van der Waals surface area contributed by atoms with Crippen LogP contribution in [0, 0.1) is 6.92 Å². The summed E-state index contributed by atoms with van der Waals surface area (Å²) in [5, 5.41) is 1.34. The maximum absolute atomic E-state index is 11.3. The van der Waals surface area contributed by atoms with Crippen LogP contribution in [-0.4, -0.2) is 49.9 Å². The van der Waals surface area contributed by atoms with E-state index in [9.17, 15) is 8.42 Å². The van der Waals surface area contributed by atoms with Gasteiger partial charge in [0.25, 0.3) is 0 Å². The summed E-state index contributed by atoms with van der Waals surface area (Å²) in [5.41, 5.74) is 3.95. The van der Waals surface area contributed by atoms with Gasteiger partial charge in [-0.2, -0.15) is 0 Å². The third-order valence-corrected chi connectivity index (χ3v) is 5.64. The summed E-state index contributed by atoms with van der Waals surface area (Å²) in [7, 11) is -2.86. The monoisotopic (exact) mass is 320 g/mol. The van der Waals surface area contributed by atoms with Crippen LogP contribution >= 0.6 is 0 Å². The lowest BCUT2D eigenvalue weighted by atomic mass is 9.87. The van der Waals surface area contributed by atoms with Gasteiger partial charge in [-0.1, -0.05) is 18.2 Å². The number of aryl methyl sites for hydroxylation is 1. The molecule has 1 fully saturated rings. The highest BCUT2D eigenvalue weighted by Gasteiger charge is 2.24. The molecule has 0 bridgehead atoms. The van der Waals surface area contributed by atoms with Gasteiger partial charge in [-0.15, -0.1) is 0 Å². The lowest BCUT2D eigenvalue weighted by Crippen LogP contribution is -2.36. The molecule has 5 heteroatoms. The normalized spacial score (nSPS) is 18.1. The molecule has 0 radical (unpaired) electrons. The van der Waals surface area contributed by atoms with E-state index in [1.807, 2.05) is 0 Å². The fourth-order valence-corrected chi connectivity index (χ4v) is 4.15. The van der Waals surface area contributed by atoms with Crippen molar-refractivity contribution in [3.8, 4) is 0 Å². The zero-order valence-corrected chi connectivity index (χ0v) is 14.1. The second-order valence-corrected chi connectivity index (χ2v) is 8.71. The van der Waals surface area contributed by atoms with Crippen LogP contribution in [0.2, 0.25) is 0 Å². The van der Waals surface area contributed by atoms with E-state index in [-0.39, 0.29) is 5.75 Å². The van der Waals surface area contributed by atoms with Crippen molar-refractivity contribution >= 4 is 20.7 Å². The van der Waals surface area contributed by atoms with Crippen molar-refractivity contribution in [2.45, 2.75) is 25.7 Å².